The molecule has 8 nitrogen and oxygen atoms in total. The van der Waals surface area contributed by atoms with E-state index in [4.69, 9.17) is 9.43 Å². The van der Waals surface area contributed by atoms with Crippen LogP contribution in [0.2, 0.25) is 0 Å². The van der Waals surface area contributed by atoms with Crippen LogP contribution < -0.4 is 0 Å². The van der Waals surface area contributed by atoms with Gasteiger partial charge in [0.25, 0.3) is 0 Å². The number of allylic oxidation sites excluding steroid dienone is 18. The van der Waals surface area contributed by atoms with Crippen LogP contribution in [0.1, 0.15) is 358 Å². The van der Waals surface area contributed by atoms with Crippen molar-refractivity contribution in [2.24, 2.45) is 152 Å². The predicted octanol–water partition coefficient (Wildman–Crippen LogP) is 29.2. The fourth-order valence-electron chi connectivity index (χ4n) is 27.8. The van der Waals surface area contributed by atoms with Gasteiger partial charge >= 0.3 is 42.5 Å². The molecule has 0 aromatic rings. The molecule has 12 heteroatoms. The van der Waals surface area contributed by atoms with Gasteiger partial charge in [0.1, 0.15) is 10.5 Å². The third-order valence-corrected chi connectivity index (χ3v) is 40.5. The molecule has 709 valence electrons. The van der Waals surface area contributed by atoms with Gasteiger partial charge in [0.15, 0.2) is 19.7 Å². The Labute approximate surface area is 792 Å². The van der Waals surface area contributed by atoms with Gasteiger partial charge < -0.3 is 10.2 Å². The molecule has 14 rings (SSSR count). The van der Waals surface area contributed by atoms with Crippen molar-refractivity contribution in [3.8, 4) is 0 Å². The molecule has 0 bridgehead atoms. The zero-order valence-electron chi connectivity index (χ0n) is 85.6. The Morgan fingerprint density at radius 1 is 0.437 bits per heavy atom. The van der Waals surface area contributed by atoms with Crippen LogP contribution >= 0.6 is 0 Å². The Bertz CT molecular complexity index is 4400. The quantitative estimate of drug-likeness (QED) is 0.0906. The summed E-state index contributed by atoms with van der Waals surface area (Å²) in [6.07, 6.45) is 70.7. The van der Waals surface area contributed by atoms with Crippen molar-refractivity contribution in [1.82, 2.24) is 0 Å². The van der Waals surface area contributed by atoms with Gasteiger partial charge in [-0.15, -0.1) is 0 Å². The average Bonchev–Trinajstić information content (AvgIpc) is 1.56. The van der Waals surface area contributed by atoms with Crippen LogP contribution in [0.4, 0.5) is 0 Å². The van der Waals surface area contributed by atoms with E-state index in [0.717, 1.165) is 122 Å². The molecule has 126 heavy (non-hydrogen) atoms. The number of rotatable bonds is 20. The minimum atomic E-state index is -3.17. The third-order valence-electron chi connectivity index (χ3n) is 36.6. The van der Waals surface area contributed by atoms with E-state index >= 15 is 0 Å². The summed E-state index contributed by atoms with van der Waals surface area (Å²) in [4.78, 5) is 0. The topological polar surface area (TPSA) is 143 Å². The number of hydrogen-bond donors (Lipinski definition) is 2. The van der Waals surface area contributed by atoms with Gasteiger partial charge in [-0.1, -0.05) is 290 Å². The van der Waals surface area contributed by atoms with Crippen LogP contribution in [0, 0.1) is 152 Å². The maximum absolute atomic E-state index is 13.1. The van der Waals surface area contributed by atoms with Gasteiger partial charge in [-0.25, -0.2) is 16.8 Å². The monoisotopic (exact) mass is 1880 g/mol. The van der Waals surface area contributed by atoms with E-state index < -0.39 is 58.0 Å². The summed E-state index contributed by atoms with van der Waals surface area (Å²) in [6, 6.07) is 0. The summed E-state index contributed by atoms with van der Waals surface area (Å²) >= 11 is -2.44. The van der Waals surface area contributed by atoms with Gasteiger partial charge in [0.05, 0.1) is 23.7 Å². The van der Waals surface area contributed by atoms with Crippen molar-refractivity contribution in [2.45, 2.75) is 380 Å². The van der Waals surface area contributed by atoms with Gasteiger partial charge in [-0.2, -0.15) is 0 Å². The molecular weight excluding hydrogens is 1690 g/mol. The first-order valence-corrected chi connectivity index (χ1v) is 56.2. The first-order valence-electron chi connectivity index (χ1n) is 52.2. The summed E-state index contributed by atoms with van der Waals surface area (Å²) in [6.45, 7) is 60.8. The summed E-state index contributed by atoms with van der Waals surface area (Å²) < 4.78 is 81.2. The molecule has 0 saturated heterocycles. The minimum absolute atomic E-state index is 0.212. The van der Waals surface area contributed by atoms with Crippen molar-refractivity contribution in [2.75, 3.05) is 11.5 Å². The molecular formula is C114H182O8S2SeV. The Balaban J connectivity index is 0.000000189. The van der Waals surface area contributed by atoms with E-state index in [-0.39, 0.29) is 28.6 Å². The van der Waals surface area contributed by atoms with Crippen LogP contribution in [0.3, 0.4) is 0 Å². The van der Waals surface area contributed by atoms with Crippen LogP contribution in [-0.4, -0.2) is 77.8 Å². The molecule has 0 radical (unpaired) electrons. The summed E-state index contributed by atoms with van der Waals surface area (Å²) in [5.74, 6) is 15.4. The molecule has 12 aliphatic carbocycles. The molecule has 0 spiro atoms. The van der Waals surface area contributed by atoms with Gasteiger partial charge in [-0.3, -0.25) is 0 Å². The molecule has 6 unspecified atom stereocenters. The van der Waals surface area contributed by atoms with Crippen LogP contribution in [-0.2, 0) is 45.6 Å². The van der Waals surface area contributed by atoms with Gasteiger partial charge in [-0.05, 0) is 385 Å². The maximum atomic E-state index is 13.1. The first-order chi connectivity index (χ1) is 60.3. The first kappa shape index (κ1) is 103. The zero-order chi connectivity index (χ0) is 94.3. The summed E-state index contributed by atoms with van der Waals surface area (Å²) in [5.41, 5.74) is 17.6. The SMILES string of the molecule is C=C1/C(=C/C=C2\CCC[C@@]3(C)C2CC[C@@H]3[C@H](C)/C=C/[C@H](C)C(C)C)C[C@@H](C)C[C@@H]1O.C=C1CC[C@H](C)C/C1=C\C=C1/CCC[C@@]2(C)C1CC[C@@H]2[C@H](C)/C=C/[C@H](C)C(C)C.CC(C)C/C=C/[C@@H](C)[C@H]1CCC2/C(=C/C3C4=C(CC[C@H](C)C4)CS3(=O)=O)CCC[C@@]21C.CC(C)[C@@H](C)/C=C/[C@@H](C)[C@H]1CCC2/C(=C/C3C4=C(CC[C@H](O)C4)CS3(=O)=O)CCC[C@@]21C.O=[Se]=O.[2H][V][2H]. The number of aliphatic hydroxyl groups excluding tert-OH is 2. The average molecular weight is 1880 g/mol. The fraction of sp³-hybridized carbons (Fsp3) is 0.754. The molecule has 2 heterocycles. The molecule has 10 fully saturated rings. The van der Waals surface area contributed by atoms with E-state index in [2.05, 4.69) is 251 Å². The van der Waals surface area contributed by atoms with Crippen LogP contribution in [0.15, 0.2) is 165 Å². The third kappa shape index (κ3) is 25.5. The van der Waals surface area contributed by atoms with Crippen LogP contribution in [0.25, 0.3) is 0 Å². The summed E-state index contributed by atoms with van der Waals surface area (Å²) in [7, 11) is -6.22. The van der Waals surface area contributed by atoms with Crippen LogP contribution in [0.5, 0.6) is 0 Å². The normalized spacial score (nSPS) is 38.5. The standard InChI is InChI=1S/C29H46O.C29H46.C28H44O3S.C28H44O2S.O2Se.V.2H/c1-19(2)21(4)10-11-22(5)26-14-15-27-24(9-8-16-29(26,27)7)12-13-25-17-20(3)18-28(30)23(25)6;1-20(2)22(4)12-13-24(6)27-16-17-28-25(9-8-18-29(27,28)7)14-15-26-19-21(3)10-11-23(26)5;1-18(2)19(3)8-9-20(4)25-12-13-26-21(7-6-14-28(25,26)5)15-27-24-16-23(29)11-10-22(24)17-32(27,30)31;1-19(2)8-6-9-21(4)25-13-14-26-22(10-7-15-28(25,26)5)17-27-24-16-20(3)11-12-23(24)18-31(27,29)30;1-3-2;;;/h10-13,19-22,26-28,30H,6,8-9,14-18H2,1-5,7H3;12-15,20-22,24,27-28H,5,8-11,16-19H2,1-4,6-7H3;8-9,15,18-20,23,25-27,29H,6-7,10-14,16-17H2,1-5H3;6,9,17,19-21,25-27H,7-8,10-16,18H2,1-5H3;;;;/b11-10+,24-12+,25-13+;13-12+,25-14+,26-15+;9-8+,21-15+;9-6+,22-17+;;;;/t20-,21+,22-,26-,27?,28+,29-;21-,22-,24+,27+,28?,29+;19-,20+,23-,25+,26?,27?,28+;20-,21+,25+,26?,27?,28+;;;;/m1000..../s1/i;;;;;;2*1+1. The van der Waals surface area contributed by atoms with E-state index in [1.807, 2.05) is 0 Å². The molecule has 0 aromatic heterocycles. The number of hydrogen-bond acceptors (Lipinski definition) is 8. The van der Waals surface area contributed by atoms with E-state index in [1.54, 1.807) is 11.1 Å². The van der Waals surface area contributed by atoms with Crippen molar-refractivity contribution in [3.63, 3.8) is 0 Å². The Hall–Kier alpha value is -3.12. The van der Waals surface area contributed by atoms with Gasteiger partial charge in [0.2, 0.25) is 0 Å². The number of sulfone groups is 2. The molecule has 0 amide bonds. The zero-order valence-corrected chi connectivity index (χ0v) is 88.3. The second kappa shape index (κ2) is 46.4. The van der Waals surface area contributed by atoms with E-state index in [0.29, 0.717) is 124 Å². The van der Waals surface area contributed by atoms with E-state index in [9.17, 15) is 27.0 Å². The van der Waals surface area contributed by atoms with Crippen molar-refractivity contribution in [3.05, 3.63) is 165 Å². The predicted molar refractivity (Wildman–Crippen MR) is 534 cm³/mol. The van der Waals surface area contributed by atoms with E-state index in [1.165, 1.54) is 167 Å². The molecule has 10 saturated carbocycles. The Morgan fingerprint density at radius 2 is 0.778 bits per heavy atom. The molecule has 2 aliphatic heterocycles. The fourth-order valence-corrected chi connectivity index (χ4v) is 31.9. The number of fused-ring (bicyclic) bond motifs is 4. The Kier molecular flexibility index (Phi) is 38.1. The molecule has 26 atom stereocenters. The molecule has 14 aliphatic rings. The molecule has 2 N–H and O–H groups in total. The number of aliphatic hydroxyl groups is 2. The van der Waals surface area contributed by atoms with Crippen molar-refractivity contribution < 1.29 is 53.0 Å². The van der Waals surface area contributed by atoms with Gasteiger partial charge in [0, 0.05) is 0 Å². The summed E-state index contributed by atoms with van der Waals surface area (Å²) in [5, 5.41) is 19.7. The molecule has 0 aromatic carbocycles. The second-order valence-electron chi connectivity index (χ2n) is 46.8. The second-order valence-corrected chi connectivity index (χ2v) is 51.3. The van der Waals surface area contributed by atoms with Crippen molar-refractivity contribution >= 4 is 34.5 Å². The van der Waals surface area contributed by atoms with Crippen molar-refractivity contribution in [1.29, 1.82) is 1.76 Å². The Morgan fingerprint density at radius 3 is 1.17 bits per heavy atom.